The van der Waals surface area contributed by atoms with Crippen LogP contribution in [0.3, 0.4) is 0 Å². The lowest BCUT2D eigenvalue weighted by molar-refractivity contribution is -0.132. The van der Waals surface area contributed by atoms with Crippen molar-refractivity contribution in [1.82, 2.24) is 15.1 Å². The number of nitrogens with one attached hydrogen (secondary N) is 1. The highest BCUT2D eigenvalue weighted by Crippen LogP contribution is 2.29. The van der Waals surface area contributed by atoms with Gasteiger partial charge in [0.05, 0.1) is 5.52 Å². The van der Waals surface area contributed by atoms with Crippen molar-refractivity contribution in [1.29, 1.82) is 0 Å². The van der Waals surface area contributed by atoms with Gasteiger partial charge in [0.1, 0.15) is 0 Å². The number of rotatable bonds is 3. The Hall–Kier alpha value is -3.15. The highest BCUT2D eigenvalue weighted by atomic mass is 16.2. The van der Waals surface area contributed by atoms with Gasteiger partial charge in [-0.2, -0.15) is 5.10 Å². The Labute approximate surface area is 144 Å². The molecule has 1 aliphatic heterocycles. The first-order valence-electron chi connectivity index (χ1n) is 8.24. The Balaban J connectivity index is 1.78. The molecule has 0 atom stereocenters. The van der Waals surface area contributed by atoms with Crippen molar-refractivity contribution < 1.29 is 9.59 Å². The van der Waals surface area contributed by atoms with Crippen LogP contribution < -0.4 is 5.73 Å². The van der Waals surface area contributed by atoms with E-state index in [0.29, 0.717) is 25.9 Å². The quantitative estimate of drug-likeness (QED) is 0.768. The van der Waals surface area contributed by atoms with Gasteiger partial charge >= 0.3 is 0 Å². The molecule has 0 spiro atoms. The molecule has 2 heterocycles. The highest BCUT2D eigenvalue weighted by Gasteiger charge is 2.25. The average molecular weight is 334 g/mol. The second-order valence-corrected chi connectivity index (χ2v) is 6.30. The third kappa shape index (κ3) is 2.76. The number of carbonyl (C=O) groups is 2. The molecule has 6 heteroatoms. The standard InChI is InChI=1S/C19H18N4O2/c20-19(25)18-17-14-11-23(10-12-4-2-1-3-5-12)16(24)9-7-13(14)6-8-15(17)21-22-18/h1-6,8H,7,9-11H2,(H2,20,25)(H,21,22). The maximum atomic E-state index is 12.6. The van der Waals surface area contributed by atoms with E-state index in [9.17, 15) is 9.59 Å². The Morgan fingerprint density at radius 1 is 1.16 bits per heavy atom. The summed E-state index contributed by atoms with van der Waals surface area (Å²) >= 11 is 0. The van der Waals surface area contributed by atoms with Crippen molar-refractivity contribution >= 4 is 22.7 Å². The Bertz CT molecular complexity index is 962. The topological polar surface area (TPSA) is 92.1 Å². The Kier molecular flexibility index (Phi) is 3.72. The van der Waals surface area contributed by atoms with Crippen molar-refractivity contribution in [2.45, 2.75) is 25.9 Å². The van der Waals surface area contributed by atoms with Gasteiger partial charge in [-0.3, -0.25) is 14.7 Å². The maximum absolute atomic E-state index is 12.6. The summed E-state index contributed by atoms with van der Waals surface area (Å²) in [5.41, 5.74) is 9.59. The van der Waals surface area contributed by atoms with E-state index in [-0.39, 0.29) is 11.6 Å². The Morgan fingerprint density at radius 2 is 1.96 bits per heavy atom. The van der Waals surface area contributed by atoms with Crippen LogP contribution in [0.1, 0.15) is 33.6 Å². The van der Waals surface area contributed by atoms with Crippen molar-refractivity contribution in [2.75, 3.05) is 0 Å². The fraction of sp³-hybridized carbons (Fsp3) is 0.211. The average Bonchev–Trinajstić information content (AvgIpc) is 2.99. The van der Waals surface area contributed by atoms with Gasteiger partial charge in [0.15, 0.2) is 5.69 Å². The number of carbonyl (C=O) groups excluding carboxylic acids is 2. The zero-order valence-electron chi connectivity index (χ0n) is 13.7. The van der Waals surface area contributed by atoms with Crippen LogP contribution in [0.5, 0.6) is 0 Å². The number of nitrogens with zero attached hydrogens (tertiary/aromatic N) is 2. The first-order valence-corrected chi connectivity index (χ1v) is 8.24. The molecule has 3 aromatic rings. The molecule has 2 aromatic carbocycles. The molecule has 3 N–H and O–H groups in total. The maximum Gasteiger partial charge on any atom is 0.269 e. The van der Waals surface area contributed by atoms with E-state index >= 15 is 0 Å². The molecule has 0 saturated heterocycles. The molecule has 4 rings (SSSR count). The van der Waals surface area contributed by atoms with Crippen LogP contribution in [0, 0.1) is 0 Å². The fourth-order valence-corrected chi connectivity index (χ4v) is 3.45. The SMILES string of the molecule is NC(=O)c1n[nH]c2ccc3c(c12)CN(Cc1ccccc1)C(=O)CC3. The molecule has 25 heavy (non-hydrogen) atoms. The summed E-state index contributed by atoms with van der Waals surface area (Å²) in [5, 5.41) is 7.65. The zero-order valence-corrected chi connectivity index (χ0v) is 13.7. The molecule has 2 amide bonds. The van der Waals surface area contributed by atoms with E-state index in [0.717, 1.165) is 27.6 Å². The number of fused-ring (bicyclic) bond motifs is 3. The summed E-state index contributed by atoms with van der Waals surface area (Å²) in [6.07, 6.45) is 1.11. The third-order valence-electron chi connectivity index (χ3n) is 4.69. The van der Waals surface area contributed by atoms with Crippen LogP contribution in [-0.4, -0.2) is 26.9 Å². The smallest absolute Gasteiger partial charge is 0.269 e. The normalized spacial score (nSPS) is 14.4. The second kappa shape index (κ2) is 6.05. The molecular weight excluding hydrogens is 316 g/mol. The van der Waals surface area contributed by atoms with E-state index in [1.165, 1.54) is 0 Å². The number of aromatic amines is 1. The van der Waals surface area contributed by atoms with E-state index in [1.54, 1.807) is 0 Å². The number of primary amides is 1. The minimum absolute atomic E-state index is 0.109. The van der Waals surface area contributed by atoms with Gasteiger partial charge in [-0.1, -0.05) is 36.4 Å². The van der Waals surface area contributed by atoms with Crippen LogP contribution in [0.15, 0.2) is 42.5 Å². The second-order valence-electron chi connectivity index (χ2n) is 6.30. The molecule has 0 radical (unpaired) electrons. The lowest BCUT2D eigenvalue weighted by Gasteiger charge is -2.21. The number of nitrogens with two attached hydrogens (primary N) is 1. The molecule has 1 aromatic heterocycles. The van der Waals surface area contributed by atoms with Crippen molar-refractivity contribution in [3.8, 4) is 0 Å². The molecule has 0 saturated carbocycles. The van der Waals surface area contributed by atoms with E-state index < -0.39 is 5.91 Å². The monoisotopic (exact) mass is 334 g/mol. The highest BCUT2D eigenvalue weighted by molar-refractivity contribution is 6.05. The Morgan fingerprint density at radius 3 is 2.72 bits per heavy atom. The van der Waals surface area contributed by atoms with Crippen molar-refractivity contribution in [3.05, 3.63) is 64.8 Å². The largest absolute Gasteiger partial charge is 0.364 e. The third-order valence-corrected chi connectivity index (χ3v) is 4.69. The first kappa shape index (κ1) is 15.4. The number of hydrogen-bond donors (Lipinski definition) is 2. The minimum atomic E-state index is -0.565. The fourth-order valence-electron chi connectivity index (χ4n) is 3.45. The molecule has 126 valence electrons. The first-order chi connectivity index (χ1) is 12.1. The number of benzene rings is 2. The number of hydrogen-bond acceptors (Lipinski definition) is 3. The van der Waals surface area contributed by atoms with Crippen LogP contribution in [0.4, 0.5) is 0 Å². The van der Waals surface area contributed by atoms with Gasteiger partial charge in [-0.25, -0.2) is 0 Å². The molecular formula is C19H18N4O2. The van der Waals surface area contributed by atoms with Gasteiger partial charge in [-0.15, -0.1) is 0 Å². The van der Waals surface area contributed by atoms with Gasteiger partial charge in [0.25, 0.3) is 5.91 Å². The molecule has 6 nitrogen and oxygen atoms in total. The number of amides is 2. The molecule has 0 bridgehead atoms. The van der Waals surface area contributed by atoms with Crippen LogP contribution in [0.2, 0.25) is 0 Å². The zero-order chi connectivity index (χ0) is 17.4. The summed E-state index contributed by atoms with van der Waals surface area (Å²) in [5.74, 6) is -0.456. The summed E-state index contributed by atoms with van der Waals surface area (Å²) < 4.78 is 0. The van der Waals surface area contributed by atoms with Crippen molar-refractivity contribution in [2.24, 2.45) is 5.73 Å². The molecule has 1 aliphatic rings. The van der Waals surface area contributed by atoms with Crippen LogP contribution >= 0.6 is 0 Å². The van der Waals surface area contributed by atoms with Crippen LogP contribution in [-0.2, 0) is 24.3 Å². The van der Waals surface area contributed by atoms with Gasteiger partial charge < -0.3 is 10.6 Å². The number of aromatic nitrogens is 2. The van der Waals surface area contributed by atoms with Gasteiger partial charge in [0.2, 0.25) is 5.91 Å². The molecule has 0 fully saturated rings. The number of H-pyrrole nitrogens is 1. The summed E-state index contributed by atoms with van der Waals surface area (Å²) in [7, 11) is 0. The van der Waals surface area contributed by atoms with Crippen molar-refractivity contribution in [3.63, 3.8) is 0 Å². The predicted molar refractivity (Wildman–Crippen MR) is 93.6 cm³/mol. The molecule has 0 unspecified atom stereocenters. The van der Waals surface area contributed by atoms with Gasteiger partial charge in [-0.05, 0) is 29.2 Å². The summed E-state index contributed by atoms with van der Waals surface area (Å²) in [6.45, 7) is 0.986. The van der Waals surface area contributed by atoms with Gasteiger partial charge in [0, 0.05) is 24.9 Å². The minimum Gasteiger partial charge on any atom is -0.364 e. The van der Waals surface area contributed by atoms with E-state index in [2.05, 4.69) is 10.2 Å². The summed E-state index contributed by atoms with van der Waals surface area (Å²) in [4.78, 5) is 26.2. The predicted octanol–water partition coefficient (Wildman–Crippen LogP) is 2.14. The van der Waals surface area contributed by atoms with Crippen LogP contribution in [0.25, 0.3) is 10.9 Å². The lowest BCUT2D eigenvalue weighted by Crippen LogP contribution is -2.28. The number of aryl methyl sites for hydroxylation is 1. The van der Waals surface area contributed by atoms with E-state index in [1.807, 2.05) is 47.4 Å². The van der Waals surface area contributed by atoms with E-state index in [4.69, 9.17) is 5.73 Å². The molecule has 0 aliphatic carbocycles. The summed E-state index contributed by atoms with van der Waals surface area (Å²) in [6, 6.07) is 13.8. The lowest BCUT2D eigenvalue weighted by atomic mass is 9.98.